The maximum Gasteiger partial charge on any atom is 0.278 e. The molecule has 0 saturated heterocycles. The summed E-state index contributed by atoms with van der Waals surface area (Å²) < 4.78 is 1.70. The van der Waals surface area contributed by atoms with Gasteiger partial charge in [-0.15, -0.1) is 0 Å². The maximum atomic E-state index is 12.9. The molecule has 1 atom stereocenters. The highest BCUT2D eigenvalue weighted by molar-refractivity contribution is 7.99. The van der Waals surface area contributed by atoms with Crippen molar-refractivity contribution >= 4 is 28.7 Å². The van der Waals surface area contributed by atoms with E-state index in [1.807, 2.05) is 45.0 Å². The summed E-state index contributed by atoms with van der Waals surface area (Å²) in [6.45, 7) is 6.58. The number of thioether (sulfide) groups is 1. The Balaban J connectivity index is 1.61. The number of aryl methyl sites for hydroxylation is 2. The van der Waals surface area contributed by atoms with E-state index in [1.54, 1.807) is 4.57 Å². The van der Waals surface area contributed by atoms with Gasteiger partial charge in [-0.2, -0.15) is 0 Å². The van der Waals surface area contributed by atoms with Crippen LogP contribution in [0.4, 0.5) is 0 Å². The Morgan fingerprint density at radius 3 is 2.79 bits per heavy atom. The molecule has 0 aliphatic carbocycles. The normalized spacial score (nSPS) is 12.2. The molecule has 0 spiro atoms. The van der Waals surface area contributed by atoms with E-state index in [2.05, 4.69) is 27.4 Å². The molecule has 29 heavy (non-hydrogen) atoms. The summed E-state index contributed by atoms with van der Waals surface area (Å²) in [6, 6.07) is 12.1. The Bertz CT molecular complexity index is 1030. The molecule has 0 saturated carbocycles. The number of amides is 1. The molecule has 0 aliphatic heterocycles. The first-order valence-corrected chi connectivity index (χ1v) is 11.0. The van der Waals surface area contributed by atoms with Crippen molar-refractivity contribution in [2.24, 2.45) is 0 Å². The third-order valence-electron chi connectivity index (χ3n) is 4.96. The lowest BCUT2D eigenvalue weighted by molar-refractivity contribution is -0.118. The van der Waals surface area contributed by atoms with Crippen LogP contribution >= 0.6 is 11.8 Å². The van der Waals surface area contributed by atoms with Crippen molar-refractivity contribution in [3.05, 3.63) is 58.0 Å². The van der Waals surface area contributed by atoms with Gasteiger partial charge in [0.25, 0.3) is 5.56 Å². The quantitative estimate of drug-likeness (QED) is 0.318. The number of hydrogen-bond acceptors (Lipinski definition) is 4. The van der Waals surface area contributed by atoms with E-state index in [0.29, 0.717) is 22.7 Å². The highest BCUT2D eigenvalue weighted by Gasteiger charge is 2.17. The molecule has 6 nitrogen and oxygen atoms in total. The summed E-state index contributed by atoms with van der Waals surface area (Å²) >= 11 is 1.32. The zero-order valence-electron chi connectivity index (χ0n) is 17.2. The number of fused-ring (bicyclic) bond motifs is 1. The number of nitrogens with one attached hydrogen (secondary N) is 2. The summed E-state index contributed by atoms with van der Waals surface area (Å²) in [4.78, 5) is 33.0. The minimum atomic E-state index is -0.0804. The van der Waals surface area contributed by atoms with Gasteiger partial charge in [0.05, 0.1) is 11.3 Å². The van der Waals surface area contributed by atoms with E-state index in [-0.39, 0.29) is 23.3 Å². The van der Waals surface area contributed by atoms with Gasteiger partial charge in [-0.3, -0.25) is 14.2 Å². The Morgan fingerprint density at radius 1 is 1.31 bits per heavy atom. The summed E-state index contributed by atoms with van der Waals surface area (Å²) in [7, 11) is 0. The van der Waals surface area contributed by atoms with E-state index in [9.17, 15) is 9.59 Å². The number of rotatable bonds is 9. The number of H-pyrrole nitrogens is 1. The van der Waals surface area contributed by atoms with Gasteiger partial charge in [-0.1, -0.05) is 49.0 Å². The number of benzene rings is 1. The van der Waals surface area contributed by atoms with Gasteiger partial charge in [0.15, 0.2) is 5.16 Å². The number of aromatic nitrogens is 3. The maximum absolute atomic E-state index is 12.9. The summed E-state index contributed by atoms with van der Waals surface area (Å²) in [5.74, 6) is 0.196. The number of aromatic amines is 1. The fourth-order valence-corrected chi connectivity index (χ4v) is 4.14. The first-order valence-electron chi connectivity index (χ1n) is 10.0. The lowest BCUT2D eigenvalue weighted by atomic mass is 10.1. The van der Waals surface area contributed by atoms with Gasteiger partial charge >= 0.3 is 0 Å². The first kappa shape index (κ1) is 21.2. The third-order valence-corrected chi connectivity index (χ3v) is 5.91. The van der Waals surface area contributed by atoms with Gasteiger partial charge < -0.3 is 10.3 Å². The van der Waals surface area contributed by atoms with Crippen molar-refractivity contribution in [2.75, 3.05) is 12.3 Å². The molecule has 2 aromatic heterocycles. The van der Waals surface area contributed by atoms with Crippen LogP contribution in [0.25, 0.3) is 11.0 Å². The fourth-order valence-electron chi connectivity index (χ4n) is 3.21. The van der Waals surface area contributed by atoms with E-state index < -0.39 is 0 Å². The van der Waals surface area contributed by atoms with Crippen LogP contribution in [0.5, 0.6) is 0 Å². The number of nitrogens with zero attached hydrogens (tertiary/aromatic N) is 2. The molecule has 3 aromatic rings. The largest absolute Gasteiger partial charge is 0.355 e. The molecule has 154 valence electrons. The predicted octanol–water partition coefficient (Wildman–Crippen LogP) is 3.85. The Hall–Kier alpha value is -2.54. The van der Waals surface area contributed by atoms with E-state index >= 15 is 0 Å². The van der Waals surface area contributed by atoms with Gasteiger partial charge in [0.2, 0.25) is 5.91 Å². The van der Waals surface area contributed by atoms with Crippen LogP contribution in [0.3, 0.4) is 0 Å². The molecule has 2 N–H and O–H groups in total. The number of hydrogen-bond donors (Lipinski definition) is 2. The zero-order chi connectivity index (χ0) is 20.8. The third kappa shape index (κ3) is 5.29. The van der Waals surface area contributed by atoms with Crippen LogP contribution in [-0.2, 0) is 11.2 Å². The molecule has 0 unspecified atom stereocenters. The Labute approximate surface area is 175 Å². The minimum absolute atomic E-state index is 0.0134. The van der Waals surface area contributed by atoms with Crippen molar-refractivity contribution in [2.45, 2.75) is 51.2 Å². The smallest absolute Gasteiger partial charge is 0.278 e. The Morgan fingerprint density at radius 2 is 2.07 bits per heavy atom. The minimum Gasteiger partial charge on any atom is -0.355 e. The van der Waals surface area contributed by atoms with Crippen molar-refractivity contribution in [1.82, 2.24) is 19.9 Å². The second kappa shape index (κ2) is 9.78. The van der Waals surface area contributed by atoms with Crippen LogP contribution in [0, 0.1) is 6.92 Å². The van der Waals surface area contributed by atoms with Gasteiger partial charge in [-0.25, -0.2) is 4.98 Å². The van der Waals surface area contributed by atoms with Gasteiger partial charge in [-0.05, 0) is 44.7 Å². The zero-order valence-corrected chi connectivity index (χ0v) is 18.0. The van der Waals surface area contributed by atoms with Crippen LogP contribution < -0.4 is 10.9 Å². The molecular weight excluding hydrogens is 384 g/mol. The molecule has 3 rings (SSSR count). The second-order valence-electron chi connectivity index (χ2n) is 7.27. The predicted molar refractivity (Wildman–Crippen MR) is 119 cm³/mol. The summed E-state index contributed by atoms with van der Waals surface area (Å²) in [6.07, 6.45) is 2.64. The van der Waals surface area contributed by atoms with Crippen molar-refractivity contribution in [1.29, 1.82) is 0 Å². The number of carbonyl (C=O) groups is 1. The average molecular weight is 413 g/mol. The lowest BCUT2D eigenvalue weighted by Gasteiger charge is -2.17. The standard InChI is InChI=1S/C22H28N4O2S/c1-4-16(3)26-21(28)20-18(13-15(2)24-20)25-22(26)29-14-19(27)23-12-8-11-17-9-6-5-7-10-17/h5-7,9-10,13,16,24H,4,8,11-12,14H2,1-3H3,(H,23,27)/t16-/m1/s1. The van der Waals surface area contributed by atoms with E-state index in [4.69, 9.17) is 0 Å². The summed E-state index contributed by atoms with van der Waals surface area (Å²) in [5, 5.41) is 3.55. The molecular formula is C22H28N4O2S. The van der Waals surface area contributed by atoms with Crippen molar-refractivity contribution in [3.63, 3.8) is 0 Å². The molecule has 1 amide bonds. The fraction of sp³-hybridized carbons (Fsp3) is 0.409. The highest BCUT2D eigenvalue weighted by atomic mass is 32.2. The van der Waals surface area contributed by atoms with Crippen LogP contribution in [0.15, 0.2) is 46.3 Å². The van der Waals surface area contributed by atoms with Crippen molar-refractivity contribution < 1.29 is 4.79 Å². The monoisotopic (exact) mass is 412 g/mol. The van der Waals surface area contributed by atoms with Crippen LogP contribution in [0.2, 0.25) is 0 Å². The molecule has 0 radical (unpaired) electrons. The SMILES string of the molecule is CC[C@@H](C)n1c(SCC(=O)NCCCc2ccccc2)nc2cc(C)[nH]c2c1=O. The number of carbonyl (C=O) groups excluding carboxylic acids is 1. The van der Waals surface area contributed by atoms with E-state index in [1.165, 1.54) is 17.3 Å². The molecule has 0 aliphatic rings. The second-order valence-corrected chi connectivity index (χ2v) is 8.21. The summed E-state index contributed by atoms with van der Waals surface area (Å²) in [5.41, 5.74) is 3.27. The molecule has 7 heteroatoms. The van der Waals surface area contributed by atoms with Gasteiger partial charge in [0, 0.05) is 18.3 Å². The van der Waals surface area contributed by atoms with Crippen LogP contribution in [0.1, 0.15) is 44.0 Å². The molecule has 0 bridgehead atoms. The lowest BCUT2D eigenvalue weighted by Crippen LogP contribution is -2.29. The highest BCUT2D eigenvalue weighted by Crippen LogP contribution is 2.22. The first-order chi connectivity index (χ1) is 14.0. The van der Waals surface area contributed by atoms with E-state index in [0.717, 1.165) is 25.0 Å². The molecule has 2 heterocycles. The average Bonchev–Trinajstić information content (AvgIpc) is 3.10. The molecule has 1 aromatic carbocycles. The Kier molecular flexibility index (Phi) is 7.14. The molecule has 0 fully saturated rings. The van der Waals surface area contributed by atoms with Crippen molar-refractivity contribution in [3.8, 4) is 0 Å². The van der Waals surface area contributed by atoms with Crippen LogP contribution in [-0.4, -0.2) is 32.7 Å². The van der Waals surface area contributed by atoms with Gasteiger partial charge in [0.1, 0.15) is 5.52 Å². The topological polar surface area (TPSA) is 79.8 Å².